The number of thiophene rings is 1. The van der Waals surface area contributed by atoms with E-state index in [2.05, 4.69) is 34.9 Å². The lowest BCUT2D eigenvalue weighted by Gasteiger charge is -2.15. The predicted molar refractivity (Wildman–Crippen MR) is 83.1 cm³/mol. The van der Waals surface area contributed by atoms with E-state index in [1.54, 1.807) is 11.3 Å². The summed E-state index contributed by atoms with van der Waals surface area (Å²) in [6, 6.07) is 12.3. The molecule has 0 radical (unpaired) electrons. The minimum atomic E-state index is 0.136. The number of amidine groups is 1. The Balaban J connectivity index is 2.03. The van der Waals surface area contributed by atoms with Crippen LogP contribution in [0.4, 0.5) is 0 Å². The normalized spacial score (nSPS) is 13.3. The van der Waals surface area contributed by atoms with Gasteiger partial charge in [-0.2, -0.15) is 0 Å². The molecule has 0 amide bonds. The maximum Gasteiger partial charge on any atom is 0.170 e. The van der Waals surface area contributed by atoms with Crippen molar-refractivity contribution in [2.24, 2.45) is 10.9 Å². The molecule has 4 N–H and O–H groups in total. The zero-order valence-electron chi connectivity index (χ0n) is 11.4. The Morgan fingerprint density at radius 1 is 1.40 bits per heavy atom. The van der Waals surface area contributed by atoms with Crippen molar-refractivity contribution in [1.82, 2.24) is 5.32 Å². The van der Waals surface area contributed by atoms with Crippen molar-refractivity contribution >= 4 is 17.2 Å². The van der Waals surface area contributed by atoms with Gasteiger partial charge in [-0.05, 0) is 29.5 Å². The van der Waals surface area contributed by atoms with Gasteiger partial charge in [0.1, 0.15) is 0 Å². The summed E-state index contributed by atoms with van der Waals surface area (Å²) in [5.74, 6) is 0.136. The van der Waals surface area contributed by atoms with Crippen molar-refractivity contribution in [1.29, 1.82) is 0 Å². The maximum absolute atomic E-state index is 8.71. The molecule has 0 fully saturated rings. The standard InChI is InChI=1S/C15H19N3OS/c1-2-13(14-7-4-8-20-14)17-10-11-5-3-6-12(9-11)15(16)18-19/h3-9,13,17,19H,2,10H2,1H3,(H2,16,18). The van der Waals surface area contributed by atoms with Gasteiger partial charge in [0.05, 0.1) is 0 Å². The van der Waals surface area contributed by atoms with Crippen molar-refractivity contribution in [3.05, 3.63) is 57.8 Å². The highest BCUT2D eigenvalue weighted by molar-refractivity contribution is 7.10. The molecule has 0 aliphatic heterocycles. The van der Waals surface area contributed by atoms with Crippen LogP contribution in [0.15, 0.2) is 46.9 Å². The third kappa shape index (κ3) is 3.59. The molecule has 1 heterocycles. The van der Waals surface area contributed by atoms with Gasteiger partial charge >= 0.3 is 0 Å². The predicted octanol–water partition coefficient (Wildman–Crippen LogP) is 3.08. The van der Waals surface area contributed by atoms with Crippen LogP contribution in [0.25, 0.3) is 0 Å². The average Bonchev–Trinajstić information content (AvgIpc) is 3.01. The van der Waals surface area contributed by atoms with Gasteiger partial charge in [0.15, 0.2) is 5.84 Å². The molecule has 0 saturated heterocycles. The lowest BCUT2D eigenvalue weighted by Crippen LogP contribution is -2.20. The molecule has 0 bridgehead atoms. The van der Waals surface area contributed by atoms with Gasteiger partial charge in [-0.15, -0.1) is 11.3 Å². The number of oxime groups is 1. The molecule has 2 aromatic rings. The number of hydrogen-bond donors (Lipinski definition) is 3. The third-order valence-corrected chi connectivity index (χ3v) is 4.16. The van der Waals surface area contributed by atoms with E-state index in [1.165, 1.54) is 4.88 Å². The van der Waals surface area contributed by atoms with E-state index in [4.69, 9.17) is 10.9 Å². The Kier molecular flexibility index (Phi) is 5.15. The van der Waals surface area contributed by atoms with E-state index < -0.39 is 0 Å². The zero-order valence-corrected chi connectivity index (χ0v) is 12.2. The van der Waals surface area contributed by atoms with Crippen LogP contribution in [-0.4, -0.2) is 11.0 Å². The molecular weight excluding hydrogens is 270 g/mol. The first kappa shape index (κ1) is 14.6. The molecule has 1 aromatic carbocycles. The summed E-state index contributed by atoms with van der Waals surface area (Å²) >= 11 is 1.77. The van der Waals surface area contributed by atoms with Gasteiger partial charge in [0, 0.05) is 23.0 Å². The molecule has 1 unspecified atom stereocenters. The first-order chi connectivity index (χ1) is 9.74. The van der Waals surface area contributed by atoms with E-state index in [1.807, 2.05) is 24.3 Å². The van der Waals surface area contributed by atoms with Crippen LogP contribution in [0, 0.1) is 0 Å². The second-order valence-corrected chi connectivity index (χ2v) is 5.52. The minimum Gasteiger partial charge on any atom is -0.409 e. The van der Waals surface area contributed by atoms with Gasteiger partial charge in [-0.25, -0.2) is 0 Å². The minimum absolute atomic E-state index is 0.136. The third-order valence-electron chi connectivity index (χ3n) is 3.18. The first-order valence-corrected chi connectivity index (χ1v) is 7.46. The highest BCUT2D eigenvalue weighted by atomic mass is 32.1. The van der Waals surface area contributed by atoms with Gasteiger partial charge in [0.2, 0.25) is 0 Å². The Labute approximate surface area is 122 Å². The largest absolute Gasteiger partial charge is 0.409 e. The summed E-state index contributed by atoms with van der Waals surface area (Å²) < 4.78 is 0. The number of benzene rings is 1. The summed E-state index contributed by atoms with van der Waals surface area (Å²) in [6.45, 7) is 2.92. The van der Waals surface area contributed by atoms with Crippen molar-refractivity contribution in [3.63, 3.8) is 0 Å². The van der Waals surface area contributed by atoms with Crippen molar-refractivity contribution in [2.45, 2.75) is 25.9 Å². The Morgan fingerprint density at radius 3 is 2.90 bits per heavy atom. The van der Waals surface area contributed by atoms with Crippen LogP contribution < -0.4 is 11.1 Å². The summed E-state index contributed by atoms with van der Waals surface area (Å²) in [4.78, 5) is 1.35. The highest BCUT2D eigenvalue weighted by Crippen LogP contribution is 2.22. The summed E-state index contributed by atoms with van der Waals surface area (Å²) in [6.07, 6.45) is 1.04. The molecule has 2 rings (SSSR count). The molecule has 1 atom stereocenters. The zero-order chi connectivity index (χ0) is 14.4. The van der Waals surface area contributed by atoms with Gasteiger partial charge < -0.3 is 16.3 Å². The smallest absolute Gasteiger partial charge is 0.170 e. The summed E-state index contributed by atoms with van der Waals surface area (Å²) in [5, 5.41) is 17.4. The summed E-state index contributed by atoms with van der Waals surface area (Å²) in [7, 11) is 0. The van der Waals surface area contributed by atoms with Gasteiger partial charge in [-0.1, -0.05) is 36.3 Å². The molecule has 0 aliphatic carbocycles. The van der Waals surface area contributed by atoms with E-state index in [9.17, 15) is 0 Å². The fourth-order valence-electron chi connectivity index (χ4n) is 2.08. The fourth-order valence-corrected chi connectivity index (χ4v) is 2.96. The molecular formula is C15H19N3OS. The van der Waals surface area contributed by atoms with Gasteiger partial charge in [0.25, 0.3) is 0 Å². The maximum atomic E-state index is 8.71. The number of hydrogen-bond acceptors (Lipinski definition) is 4. The van der Waals surface area contributed by atoms with Crippen LogP contribution in [0.1, 0.15) is 35.4 Å². The van der Waals surface area contributed by atoms with E-state index in [0.29, 0.717) is 6.04 Å². The molecule has 5 heteroatoms. The van der Waals surface area contributed by atoms with Crippen LogP contribution in [0.3, 0.4) is 0 Å². The Morgan fingerprint density at radius 2 is 2.25 bits per heavy atom. The van der Waals surface area contributed by atoms with Crippen molar-refractivity contribution < 1.29 is 5.21 Å². The number of nitrogens with one attached hydrogen (secondary N) is 1. The molecule has 20 heavy (non-hydrogen) atoms. The quantitative estimate of drug-likeness (QED) is 0.331. The summed E-state index contributed by atoms with van der Waals surface area (Å²) in [5.41, 5.74) is 7.45. The molecule has 0 spiro atoms. The Hall–Kier alpha value is -1.85. The van der Waals surface area contributed by atoms with Crippen molar-refractivity contribution in [3.8, 4) is 0 Å². The molecule has 4 nitrogen and oxygen atoms in total. The van der Waals surface area contributed by atoms with Crippen LogP contribution in [-0.2, 0) is 6.54 Å². The van der Waals surface area contributed by atoms with E-state index >= 15 is 0 Å². The number of nitrogens with zero attached hydrogens (tertiary/aromatic N) is 1. The molecule has 106 valence electrons. The highest BCUT2D eigenvalue weighted by Gasteiger charge is 2.09. The monoisotopic (exact) mass is 289 g/mol. The van der Waals surface area contributed by atoms with Gasteiger partial charge in [-0.3, -0.25) is 0 Å². The van der Waals surface area contributed by atoms with Crippen LogP contribution in [0.2, 0.25) is 0 Å². The molecule has 0 aliphatic rings. The number of nitrogens with two attached hydrogens (primary N) is 1. The lowest BCUT2D eigenvalue weighted by atomic mass is 10.1. The molecule has 0 saturated carbocycles. The second kappa shape index (κ2) is 7.07. The van der Waals surface area contributed by atoms with Crippen LogP contribution in [0.5, 0.6) is 0 Å². The van der Waals surface area contributed by atoms with Crippen molar-refractivity contribution in [2.75, 3.05) is 0 Å². The SMILES string of the molecule is CCC(NCc1cccc(C(N)=NO)c1)c1cccs1. The topological polar surface area (TPSA) is 70.6 Å². The average molecular weight is 289 g/mol. The van der Waals surface area contributed by atoms with E-state index in [0.717, 1.165) is 24.1 Å². The fraction of sp³-hybridized carbons (Fsp3) is 0.267. The molecule has 1 aromatic heterocycles. The van der Waals surface area contributed by atoms with E-state index in [-0.39, 0.29) is 5.84 Å². The second-order valence-electron chi connectivity index (χ2n) is 4.54. The Bertz CT molecular complexity index is 566. The van der Waals surface area contributed by atoms with Crippen LogP contribution >= 0.6 is 11.3 Å². The first-order valence-electron chi connectivity index (χ1n) is 6.58. The lowest BCUT2D eigenvalue weighted by molar-refractivity contribution is 0.318. The number of rotatable bonds is 6.